The van der Waals surface area contributed by atoms with Gasteiger partial charge in [0.2, 0.25) is 0 Å². The molecule has 0 saturated carbocycles. The largest absolute Gasteiger partial charge is 0.398 e. The molecule has 0 aromatic carbocycles. The maximum absolute atomic E-state index is 11.6. The molecule has 1 fully saturated rings. The quantitative estimate of drug-likeness (QED) is 0.728. The van der Waals surface area contributed by atoms with E-state index >= 15 is 0 Å². The topological polar surface area (TPSA) is 80.7 Å². The van der Waals surface area contributed by atoms with Crippen LogP contribution >= 0.6 is 0 Å². The van der Waals surface area contributed by atoms with Crippen molar-refractivity contribution in [1.29, 1.82) is 0 Å². The normalized spacial score (nSPS) is 21.1. The first-order chi connectivity index (χ1) is 8.69. The Morgan fingerprint density at radius 1 is 1.44 bits per heavy atom. The number of aliphatic hydroxyl groups excluding tert-OH is 1. The lowest BCUT2D eigenvalue weighted by Crippen LogP contribution is -2.45. The SMILES string of the molecule is Nc1ccc(=O)n(CCN2CCOC(CO)C2)c1. The maximum atomic E-state index is 11.6. The van der Waals surface area contributed by atoms with E-state index in [9.17, 15) is 4.79 Å². The summed E-state index contributed by atoms with van der Waals surface area (Å²) in [4.78, 5) is 13.8. The van der Waals surface area contributed by atoms with Gasteiger partial charge in [-0.25, -0.2) is 0 Å². The van der Waals surface area contributed by atoms with Crippen molar-refractivity contribution in [2.24, 2.45) is 0 Å². The molecule has 6 nitrogen and oxygen atoms in total. The molecule has 2 rings (SSSR count). The lowest BCUT2D eigenvalue weighted by molar-refractivity contribution is -0.0533. The van der Waals surface area contributed by atoms with E-state index in [2.05, 4.69) is 4.90 Å². The molecule has 0 aliphatic carbocycles. The number of nitrogens with zero attached hydrogens (tertiary/aromatic N) is 2. The summed E-state index contributed by atoms with van der Waals surface area (Å²) in [5, 5.41) is 9.05. The van der Waals surface area contributed by atoms with Gasteiger partial charge in [-0.1, -0.05) is 0 Å². The van der Waals surface area contributed by atoms with Crippen LogP contribution in [0.5, 0.6) is 0 Å². The summed E-state index contributed by atoms with van der Waals surface area (Å²) in [6, 6.07) is 3.08. The van der Waals surface area contributed by atoms with E-state index < -0.39 is 0 Å². The number of aliphatic hydroxyl groups is 1. The second kappa shape index (κ2) is 5.99. The van der Waals surface area contributed by atoms with Crippen LogP contribution in [0, 0.1) is 0 Å². The minimum absolute atomic E-state index is 0.0364. The average molecular weight is 253 g/mol. The van der Waals surface area contributed by atoms with Crippen LogP contribution in [0.25, 0.3) is 0 Å². The number of nitrogens with two attached hydrogens (primary N) is 1. The van der Waals surface area contributed by atoms with Gasteiger partial charge in [0.15, 0.2) is 0 Å². The van der Waals surface area contributed by atoms with Gasteiger partial charge in [0.1, 0.15) is 0 Å². The molecule has 1 aromatic rings. The van der Waals surface area contributed by atoms with Crippen molar-refractivity contribution >= 4 is 5.69 Å². The molecule has 1 aromatic heterocycles. The number of anilines is 1. The minimum atomic E-state index is -0.115. The molecule has 0 amide bonds. The van der Waals surface area contributed by atoms with Gasteiger partial charge in [-0.2, -0.15) is 0 Å². The number of rotatable bonds is 4. The zero-order valence-electron chi connectivity index (χ0n) is 10.3. The summed E-state index contributed by atoms with van der Waals surface area (Å²) in [5.41, 5.74) is 6.20. The zero-order valence-corrected chi connectivity index (χ0v) is 10.3. The molecular formula is C12H19N3O3. The number of morpholine rings is 1. The van der Waals surface area contributed by atoms with E-state index in [1.807, 2.05) is 0 Å². The monoisotopic (exact) mass is 253 g/mol. The fourth-order valence-corrected chi connectivity index (χ4v) is 2.07. The molecule has 2 heterocycles. The molecule has 1 unspecified atom stereocenters. The Hall–Kier alpha value is -1.37. The predicted molar refractivity (Wildman–Crippen MR) is 68.4 cm³/mol. The molecule has 0 spiro atoms. The Kier molecular flexibility index (Phi) is 4.35. The highest BCUT2D eigenvalue weighted by atomic mass is 16.5. The van der Waals surface area contributed by atoms with E-state index in [1.54, 1.807) is 16.8 Å². The van der Waals surface area contributed by atoms with Crippen LogP contribution in [0.4, 0.5) is 5.69 Å². The molecule has 6 heteroatoms. The van der Waals surface area contributed by atoms with Gasteiger partial charge in [-0.15, -0.1) is 0 Å². The number of aromatic nitrogens is 1. The molecular weight excluding hydrogens is 234 g/mol. The lowest BCUT2D eigenvalue weighted by Gasteiger charge is -2.32. The molecule has 1 saturated heterocycles. The van der Waals surface area contributed by atoms with Gasteiger partial charge in [-0.3, -0.25) is 9.69 Å². The van der Waals surface area contributed by atoms with Crippen LogP contribution in [0.3, 0.4) is 0 Å². The Bertz CT molecular complexity index is 446. The van der Waals surface area contributed by atoms with Crippen molar-refractivity contribution in [1.82, 2.24) is 9.47 Å². The number of hydrogen-bond donors (Lipinski definition) is 2. The van der Waals surface area contributed by atoms with Gasteiger partial charge < -0.3 is 20.1 Å². The molecule has 1 atom stereocenters. The summed E-state index contributed by atoms with van der Waals surface area (Å²) in [7, 11) is 0. The van der Waals surface area contributed by atoms with Crippen molar-refractivity contribution < 1.29 is 9.84 Å². The summed E-state index contributed by atoms with van der Waals surface area (Å²) in [5.74, 6) is 0. The third kappa shape index (κ3) is 3.32. The van der Waals surface area contributed by atoms with E-state index in [-0.39, 0.29) is 18.3 Å². The number of pyridine rings is 1. The predicted octanol–water partition coefficient (Wildman–Crippen LogP) is -0.876. The third-order valence-corrected chi connectivity index (χ3v) is 3.09. The lowest BCUT2D eigenvalue weighted by atomic mass is 10.3. The highest BCUT2D eigenvalue weighted by Crippen LogP contribution is 2.04. The van der Waals surface area contributed by atoms with Crippen LogP contribution in [0.1, 0.15) is 0 Å². The van der Waals surface area contributed by atoms with Crippen molar-refractivity contribution in [3.8, 4) is 0 Å². The van der Waals surface area contributed by atoms with E-state index in [0.29, 0.717) is 25.4 Å². The molecule has 0 radical (unpaired) electrons. The summed E-state index contributed by atoms with van der Waals surface area (Å²) in [6.07, 6.45) is 1.54. The summed E-state index contributed by atoms with van der Waals surface area (Å²) >= 11 is 0. The Morgan fingerprint density at radius 3 is 3.06 bits per heavy atom. The van der Waals surface area contributed by atoms with Gasteiger partial charge in [0, 0.05) is 44.1 Å². The maximum Gasteiger partial charge on any atom is 0.250 e. The third-order valence-electron chi connectivity index (χ3n) is 3.09. The number of ether oxygens (including phenoxy) is 1. The molecule has 18 heavy (non-hydrogen) atoms. The second-order valence-corrected chi connectivity index (χ2v) is 4.47. The van der Waals surface area contributed by atoms with E-state index in [1.165, 1.54) is 6.07 Å². The summed E-state index contributed by atoms with van der Waals surface area (Å²) in [6.45, 7) is 3.54. The average Bonchev–Trinajstić information content (AvgIpc) is 2.40. The van der Waals surface area contributed by atoms with Crippen LogP contribution in [0.2, 0.25) is 0 Å². The second-order valence-electron chi connectivity index (χ2n) is 4.47. The Balaban J connectivity index is 1.91. The highest BCUT2D eigenvalue weighted by molar-refractivity contribution is 5.33. The standard InChI is InChI=1S/C12H19N3O3/c13-10-1-2-12(17)15(7-10)4-3-14-5-6-18-11(8-14)9-16/h1-2,7,11,16H,3-6,8-9,13H2. The van der Waals surface area contributed by atoms with Gasteiger partial charge in [0.25, 0.3) is 5.56 Å². The molecule has 0 bridgehead atoms. The van der Waals surface area contributed by atoms with Crippen LogP contribution in [-0.4, -0.2) is 53.5 Å². The minimum Gasteiger partial charge on any atom is -0.398 e. The van der Waals surface area contributed by atoms with Crippen LogP contribution in [-0.2, 0) is 11.3 Å². The van der Waals surface area contributed by atoms with Gasteiger partial charge in [-0.05, 0) is 6.07 Å². The first-order valence-corrected chi connectivity index (χ1v) is 6.10. The number of nitrogen functional groups attached to an aromatic ring is 1. The molecule has 1 aliphatic rings. The first-order valence-electron chi connectivity index (χ1n) is 6.10. The van der Waals surface area contributed by atoms with E-state index in [0.717, 1.165) is 13.1 Å². The molecule has 3 N–H and O–H groups in total. The van der Waals surface area contributed by atoms with Crippen molar-refractivity contribution in [2.45, 2.75) is 12.6 Å². The first kappa shape index (κ1) is 13.1. The zero-order chi connectivity index (χ0) is 13.0. The van der Waals surface area contributed by atoms with Crippen molar-refractivity contribution in [2.75, 3.05) is 38.6 Å². The summed E-state index contributed by atoms with van der Waals surface area (Å²) < 4.78 is 6.98. The van der Waals surface area contributed by atoms with Crippen molar-refractivity contribution in [3.05, 3.63) is 28.7 Å². The smallest absolute Gasteiger partial charge is 0.250 e. The fraction of sp³-hybridized carbons (Fsp3) is 0.583. The van der Waals surface area contributed by atoms with Crippen LogP contribution < -0.4 is 11.3 Å². The Labute approximate surface area is 106 Å². The fourth-order valence-electron chi connectivity index (χ4n) is 2.07. The molecule has 100 valence electrons. The van der Waals surface area contributed by atoms with Crippen molar-refractivity contribution in [3.63, 3.8) is 0 Å². The van der Waals surface area contributed by atoms with Crippen LogP contribution in [0.15, 0.2) is 23.1 Å². The number of hydrogen-bond acceptors (Lipinski definition) is 5. The van der Waals surface area contributed by atoms with Gasteiger partial charge >= 0.3 is 0 Å². The van der Waals surface area contributed by atoms with E-state index in [4.69, 9.17) is 15.6 Å². The Morgan fingerprint density at radius 2 is 2.28 bits per heavy atom. The van der Waals surface area contributed by atoms with Gasteiger partial charge in [0.05, 0.1) is 19.3 Å². The highest BCUT2D eigenvalue weighted by Gasteiger charge is 2.19. The molecule has 1 aliphatic heterocycles.